The van der Waals surface area contributed by atoms with Crippen LogP contribution in [0.25, 0.3) is 0 Å². The lowest BCUT2D eigenvalue weighted by atomic mass is 10.1. The van der Waals surface area contributed by atoms with E-state index in [0.29, 0.717) is 0 Å². The Kier molecular flexibility index (Phi) is 3.11. The Morgan fingerprint density at radius 2 is 2.13 bits per heavy atom. The molecule has 1 saturated heterocycles. The fourth-order valence-corrected chi connectivity index (χ4v) is 2.53. The highest BCUT2D eigenvalue weighted by Gasteiger charge is 2.14. The number of benzene rings is 1. The zero-order chi connectivity index (χ0) is 10.7. The molecular formula is C12H13NOS. The van der Waals surface area contributed by atoms with Gasteiger partial charge in [0.25, 0.3) is 0 Å². The van der Waals surface area contributed by atoms with E-state index in [-0.39, 0.29) is 5.78 Å². The van der Waals surface area contributed by atoms with E-state index in [4.69, 9.17) is 0 Å². The van der Waals surface area contributed by atoms with Crippen molar-refractivity contribution in [2.75, 3.05) is 19.3 Å². The third-order valence-electron chi connectivity index (χ3n) is 2.37. The number of nitrogens with zero attached hydrogens (tertiary/aromatic N) is 1. The predicted octanol–water partition coefficient (Wildman–Crippen LogP) is 2.39. The van der Waals surface area contributed by atoms with Crippen LogP contribution >= 0.6 is 11.8 Å². The summed E-state index contributed by atoms with van der Waals surface area (Å²) in [6.07, 6.45) is 1.73. The van der Waals surface area contributed by atoms with Gasteiger partial charge in [-0.1, -0.05) is 30.3 Å². The number of carbonyl (C=O) groups is 1. The number of ketones is 1. The van der Waals surface area contributed by atoms with Crippen molar-refractivity contribution in [2.45, 2.75) is 0 Å². The van der Waals surface area contributed by atoms with Gasteiger partial charge in [-0.05, 0) is 0 Å². The van der Waals surface area contributed by atoms with Crippen molar-refractivity contribution in [1.82, 2.24) is 4.90 Å². The lowest BCUT2D eigenvalue weighted by Crippen LogP contribution is -2.11. The van der Waals surface area contributed by atoms with Gasteiger partial charge in [-0.25, -0.2) is 0 Å². The minimum Gasteiger partial charge on any atom is -0.368 e. The Balaban J connectivity index is 2.16. The Hall–Kier alpha value is -1.22. The number of carbonyl (C=O) groups excluding carboxylic acids is 1. The molecule has 1 aromatic carbocycles. The third kappa shape index (κ3) is 2.42. The molecule has 1 fully saturated rings. The molecule has 78 valence electrons. The molecule has 15 heavy (non-hydrogen) atoms. The highest BCUT2D eigenvalue weighted by Crippen LogP contribution is 2.26. The van der Waals surface area contributed by atoms with Crippen LogP contribution in [-0.2, 0) is 0 Å². The van der Waals surface area contributed by atoms with Crippen LogP contribution in [0.1, 0.15) is 10.4 Å². The van der Waals surface area contributed by atoms with Gasteiger partial charge in [-0.3, -0.25) is 4.79 Å². The molecule has 1 heterocycles. The average molecular weight is 219 g/mol. The smallest absolute Gasteiger partial charge is 0.188 e. The van der Waals surface area contributed by atoms with Crippen molar-refractivity contribution in [3.05, 3.63) is 47.0 Å². The van der Waals surface area contributed by atoms with Crippen molar-refractivity contribution < 1.29 is 4.79 Å². The van der Waals surface area contributed by atoms with Gasteiger partial charge < -0.3 is 4.90 Å². The van der Waals surface area contributed by atoms with E-state index >= 15 is 0 Å². The van der Waals surface area contributed by atoms with E-state index in [1.807, 2.05) is 37.4 Å². The standard InChI is InChI=1S/C12H13NOS/c1-13-7-8-15-12(13)9-11(14)10-5-3-2-4-6-10/h2-6,9H,7-8H2,1H3/b12-9+. The second-order valence-electron chi connectivity index (χ2n) is 3.48. The van der Waals surface area contributed by atoms with E-state index in [1.54, 1.807) is 17.8 Å². The zero-order valence-electron chi connectivity index (χ0n) is 8.64. The molecule has 0 bridgehead atoms. The van der Waals surface area contributed by atoms with E-state index in [0.717, 1.165) is 22.9 Å². The van der Waals surface area contributed by atoms with Gasteiger partial charge in [0.05, 0.1) is 5.03 Å². The topological polar surface area (TPSA) is 20.3 Å². The van der Waals surface area contributed by atoms with E-state index in [9.17, 15) is 4.79 Å². The fourth-order valence-electron chi connectivity index (χ4n) is 1.46. The van der Waals surface area contributed by atoms with Crippen molar-refractivity contribution in [3.63, 3.8) is 0 Å². The first-order chi connectivity index (χ1) is 7.27. The maximum Gasteiger partial charge on any atom is 0.188 e. The SMILES string of the molecule is CN1CCS/C1=C/C(=O)c1ccccc1. The highest BCUT2D eigenvalue weighted by atomic mass is 32.2. The van der Waals surface area contributed by atoms with Crippen LogP contribution < -0.4 is 0 Å². The van der Waals surface area contributed by atoms with Crippen LogP contribution in [-0.4, -0.2) is 30.0 Å². The summed E-state index contributed by atoms with van der Waals surface area (Å²) in [7, 11) is 2.02. The molecule has 0 radical (unpaired) electrons. The molecule has 1 aliphatic rings. The van der Waals surface area contributed by atoms with Crippen LogP contribution in [0.4, 0.5) is 0 Å². The Labute approximate surface area is 94.0 Å². The number of hydrogen-bond acceptors (Lipinski definition) is 3. The Bertz CT molecular complexity index is 386. The van der Waals surface area contributed by atoms with Crippen molar-refractivity contribution >= 4 is 17.5 Å². The van der Waals surface area contributed by atoms with Crippen LogP contribution in [0.15, 0.2) is 41.4 Å². The number of hydrogen-bond donors (Lipinski definition) is 0. The van der Waals surface area contributed by atoms with Crippen molar-refractivity contribution in [2.24, 2.45) is 0 Å². The highest BCUT2D eigenvalue weighted by molar-refractivity contribution is 8.03. The van der Waals surface area contributed by atoms with E-state index < -0.39 is 0 Å². The molecule has 0 unspecified atom stereocenters. The largest absolute Gasteiger partial charge is 0.368 e. The molecule has 0 spiro atoms. The molecule has 2 nitrogen and oxygen atoms in total. The second kappa shape index (κ2) is 4.53. The molecule has 0 N–H and O–H groups in total. The monoisotopic (exact) mass is 219 g/mol. The third-order valence-corrected chi connectivity index (χ3v) is 3.48. The molecule has 0 amide bonds. The summed E-state index contributed by atoms with van der Waals surface area (Å²) in [5.74, 6) is 1.16. The molecule has 0 atom stereocenters. The van der Waals surface area contributed by atoms with Crippen molar-refractivity contribution in [3.8, 4) is 0 Å². The van der Waals surface area contributed by atoms with Crippen LogP contribution in [0, 0.1) is 0 Å². The predicted molar refractivity (Wildman–Crippen MR) is 63.9 cm³/mol. The second-order valence-corrected chi connectivity index (χ2v) is 4.60. The van der Waals surface area contributed by atoms with E-state index in [1.165, 1.54) is 0 Å². The summed E-state index contributed by atoms with van der Waals surface area (Å²) in [4.78, 5) is 13.9. The summed E-state index contributed by atoms with van der Waals surface area (Å²) in [5.41, 5.74) is 0.755. The quantitative estimate of drug-likeness (QED) is 0.562. The van der Waals surface area contributed by atoms with Gasteiger partial charge in [-0.2, -0.15) is 0 Å². The van der Waals surface area contributed by atoms with E-state index in [2.05, 4.69) is 4.90 Å². The molecule has 0 saturated carbocycles. The molecular weight excluding hydrogens is 206 g/mol. The molecule has 0 aromatic heterocycles. The number of allylic oxidation sites excluding steroid dienone is 1. The normalized spacial score (nSPS) is 18.5. The lowest BCUT2D eigenvalue weighted by Gasteiger charge is -2.10. The minimum absolute atomic E-state index is 0.0897. The van der Waals surface area contributed by atoms with Gasteiger partial charge in [-0.15, -0.1) is 11.8 Å². The zero-order valence-corrected chi connectivity index (χ0v) is 9.46. The number of thioether (sulfide) groups is 1. The van der Waals surface area contributed by atoms with Gasteiger partial charge >= 0.3 is 0 Å². The first-order valence-electron chi connectivity index (χ1n) is 4.92. The lowest BCUT2D eigenvalue weighted by molar-refractivity contribution is 0.104. The van der Waals surface area contributed by atoms with Crippen LogP contribution in [0.2, 0.25) is 0 Å². The first-order valence-corrected chi connectivity index (χ1v) is 5.91. The summed E-state index contributed by atoms with van der Waals surface area (Å²) >= 11 is 1.74. The molecule has 1 aliphatic heterocycles. The van der Waals surface area contributed by atoms with Crippen LogP contribution in [0.3, 0.4) is 0 Å². The van der Waals surface area contributed by atoms with Crippen molar-refractivity contribution in [1.29, 1.82) is 0 Å². The van der Waals surface area contributed by atoms with Gasteiger partial charge in [0.2, 0.25) is 0 Å². The Morgan fingerprint density at radius 1 is 1.40 bits per heavy atom. The van der Waals surface area contributed by atoms with Gasteiger partial charge in [0.15, 0.2) is 5.78 Å². The first kappa shape index (κ1) is 10.3. The maximum absolute atomic E-state index is 11.8. The summed E-state index contributed by atoms with van der Waals surface area (Å²) in [6, 6.07) is 9.38. The molecule has 2 rings (SSSR count). The average Bonchev–Trinajstić information content (AvgIpc) is 2.66. The molecule has 3 heteroatoms. The van der Waals surface area contributed by atoms with Gasteiger partial charge in [0.1, 0.15) is 0 Å². The van der Waals surface area contributed by atoms with Crippen LogP contribution in [0.5, 0.6) is 0 Å². The van der Waals surface area contributed by atoms with Gasteiger partial charge in [0, 0.05) is 31.0 Å². The minimum atomic E-state index is 0.0897. The summed E-state index contributed by atoms with van der Waals surface area (Å²) in [5, 5.41) is 1.07. The Morgan fingerprint density at radius 3 is 2.73 bits per heavy atom. The molecule has 0 aliphatic carbocycles. The summed E-state index contributed by atoms with van der Waals surface area (Å²) in [6.45, 7) is 1.03. The number of rotatable bonds is 2. The molecule has 1 aromatic rings. The fraction of sp³-hybridized carbons (Fsp3) is 0.250. The maximum atomic E-state index is 11.8. The summed E-state index contributed by atoms with van der Waals surface area (Å²) < 4.78 is 0.